The first-order valence-electron chi connectivity index (χ1n) is 3.60. The average molecular weight is 240 g/mol. The van der Waals surface area contributed by atoms with Crippen molar-refractivity contribution >= 4 is 27.6 Å². The van der Waals surface area contributed by atoms with Crippen LogP contribution in [0.15, 0.2) is 28.7 Å². The molecule has 0 aliphatic rings. The summed E-state index contributed by atoms with van der Waals surface area (Å²) >= 11 is 3.35. The first kappa shape index (κ1) is 8.18. The predicted octanol–water partition coefficient (Wildman–Crippen LogP) is 1.71. The molecular weight excluding hydrogens is 234 g/mol. The number of aromatic nitrogens is 4. The zero-order valence-electron chi connectivity index (χ0n) is 6.53. The molecule has 13 heavy (non-hydrogen) atoms. The molecule has 1 aromatic heterocycles. The van der Waals surface area contributed by atoms with Gasteiger partial charge in [0.15, 0.2) is 0 Å². The number of rotatable bonds is 2. The summed E-state index contributed by atoms with van der Waals surface area (Å²) in [6.45, 7) is 0. The van der Waals surface area contributed by atoms with Crippen molar-refractivity contribution in [1.29, 1.82) is 0 Å². The molecule has 0 radical (unpaired) electrons. The Bertz CT molecular complexity index is 368. The van der Waals surface area contributed by atoms with Crippen molar-refractivity contribution in [2.24, 2.45) is 0 Å². The summed E-state index contributed by atoms with van der Waals surface area (Å²) in [7, 11) is 0. The van der Waals surface area contributed by atoms with Crippen LogP contribution in [0, 0.1) is 0 Å². The minimum absolute atomic E-state index is 0.460. The van der Waals surface area contributed by atoms with E-state index in [0.29, 0.717) is 5.95 Å². The van der Waals surface area contributed by atoms with Crippen molar-refractivity contribution in [3.8, 4) is 0 Å². The van der Waals surface area contributed by atoms with Gasteiger partial charge >= 0.3 is 0 Å². The van der Waals surface area contributed by atoms with Crippen LogP contribution in [0.25, 0.3) is 0 Å². The van der Waals surface area contributed by atoms with Crippen molar-refractivity contribution in [3.63, 3.8) is 0 Å². The first-order chi connectivity index (χ1) is 6.34. The Kier molecular flexibility index (Phi) is 2.22. The summed E-state index contributed by atoms with van der Waals surface area (Å²) in [6.07, 6.45) is 0. The molecule has 0 fully saturated rings. The molecule has 1 aromatic carbocycles. The molecule has 0 atom stereocenters. The molecule has 0 bridgehead atoms. The van der Waals surface area contributed by atoms with Crippen LogP contribution in [0.1, 0.15) is 0 Å². The minimum atomic E-state index is 0.460. The van der Waals surface area contributed by atoms with E-state index in [9.17, 15) is 0 Å². The normalized spacial score (nSPS) is 9.92. The van der Waals surface area contributed by atoms with Crippen molar-refractivity contribution in [2.45, 2.75) is 0 Å². The maximum absolute atomic E-state index is 3.76. The van der Waals surface area contributed by atoms with Gasteiger partial charge in [-0.05, 0) is 29.5 Å². The number of aromatic amines is 1. The predicted molar refractivity (Wildman–Crippen MR) is 51.6 cm³/mol. The Morgan fingerprint density at radius 2 is 2.00 bits per heavy atom. The molecular formula is C7H6BrN5. The Labute approximate surface area is 82.7 Å². The van der Waals surface area contributed by atoms with Crippen LogP contribution in [0.4, 0.5) is 11.6 Å². The first-order valence-corrected chi connectivity index (χ1v) is 4.40. The van der Waals surface area contributed by atoms with Gasteiger partial charge in [0.2, 0.25) is 0 Å². The number of anilines is 2. The van der Waals surface area contributed by atoms with Crippen LogP contribution in [0.5, 0.6) is 0 Å². The van der Waals surface area contributed by atoms with Gasteiger partial charge in [-0.25, -0.2) is 0 Å². The van der Waals surface area contributed by atoms with Crippen LogP contribution < -0.4 is 5.32 Å². The van der Waals surface area contributed by atoms with Crippen molar-refractivity contribution in [3.05, 3.63) is 28.7 Å². The molecule has 0 unspecified atom stereocenters. The molecule has 66 valence electrons. The van der Waals surface area contributed by atoms with Crippen LogP contribution in [-0.4, -0.2) is 20.6 Å². The zero-order valence-corrected chi connectivity index (χ0v) is 8.12. The average Bonchev–Trinajstić information content (AvgIpc) is 2.62. The number of benzene rings is 1. The molecule has 0 saturated heterocycles. The Balaban J connectivity index is 2.15. The van der Waals surface area contributed by atoms with E-state index < -0.39 is 0 Å². The smallest absolute Gasteiger partial charge is 0.267 e. The van der Waals surface area contributed by atoms with E-state index in [1.54, 1.807) is 0 Å². The largest absolute Gasteiger partial charge is 0.322 e. The maximum Gasteiger partial charge on any atom is 0.267 e. The number of tetrazole rings is 1. The van der Waals surface area contributed by atoms with Gasteiger partial charge < -0.3 is 5.32 Å². The quantitative estimate of drug-likeness (QED) is 0.838. The number of nitrogens with zero attached hydrogens (tertiary/aromatic N) is 3. The summed E-state index contributed by atoms with van der Waals surface area (Å²) in [6, 6.07) is 7.70. The molecule has 0 amide bonds. The monoisotopic (exact) mass is 239 g/mol. The zero-order chi connectivity index (χ0) is 9.10. The lowest BCUT2D eigenvalue weighted by molar-refractivity contribution is 0.881. The molecule has 0 spiro atoms. The van der Waals surface area contributed by atoms with E-state index in [-0.39, 0.29) is 0 Å². The van der Waals surface area contributed by atoms with E-state index in [0.717, 1.165) is 10.2 Å². The van der Waals surface area contributed by atoms with Gasteiger partial charge in [-0.15, -0.1) is 5.10 Å². The summed E-state index contributed by atoms with van der Waals surface area (Å²) in [5, 5.41) is 16.3. The second-order valence-electron chi connectivity index (χ2n) is 2.37. The van der Waals surface area contributed by atoms with E-state index in [1.165, 1.54) is 0 Å². The Morgan fingerprint density at radius 1 is 1.23 bits per heavy atom. The number of hydrogen-bond acceptors (Lipinski definition) is 4. The summed E-state index contributed by atoms with van der Waals surface area (Å²) < 4.78 is 1.03. The van der Waals surface area contributed by atoms with E-state index in [1.807, 2.05) is 24.3 Å². The van der Waals surface area contributed by atoms with Gasteiger partial charge in [0.25, 0.3) is 5.95 Å². The van der Waals surface area contributed by atoms with Crippen molar-refractivity contribution in [2.75, 3.05) is 5.32 Å². The fourth-order valence-electron chi connectivity index (χ4n) is 0.877. The third kappa shape index (κ3) is 2.03. The van der Waals surface area contributed by atoms with Gasteiger partial charge in [-0.1, -0.05) is 21.0 Å². The number of nitrogens with one attached hydrogen (secondary N) is 2. The third-order valence-electron chi connectivity index (χ3n) is 1.45. The van der Waals surface area contributed by atoms with Gasteiger partial charge in [-0.3, -0.25) is 0 Å². The fourth-order valence-corrected chi connectivity index (χ4v) is 1.14. The second-order valence-corrected chi connectivity index (χ2v) is 3.28. The lowest BCUT2D eigenvalue weighted by atomic mass is 10.3. The lowest BCUT2D eigenvalue weighted by Gasteiger charge is -1.99. The standard InChI is InChI=1S/C7H6BrN5/c8-5-1-3-6(4-2-5)9-7-10-12-13-11-7/h1-4H,(H2,9,10,11,12,13). The molecule has 6 heteroatoms. The van der Waals surface area contributed by atoms with Crippen molar-refractivity contribution in [1.82, 2.24) is 20.6 Å². The van der Waals surface area contributed by atoms with E-state index >= 15 is 0 Å². The molecule has 0 aliphatic heterocycles. The highest BCUT2D eigenvalue weighted by molar-refractivity contribution is 9.10. The number of halogens is 1. The maximum atomic E-state index is 3.76. The lowest BCUT2D eigenvalue weighted by Crippen LogP contribution is -1.91. The van der Waals surface area contributed by atoms with Crippen LogP contribution in [0.3, 0.4) is 0 Å². The van der Waals surface area contributed by atoms with Gasteiger partial charge in [0.1, 0.15) is 0 Å². The SMILES string of the molecule is Brc1ccc(Nc2nn[nH]n2)cc1. The summed E-state index contributed by atoms with van der Waals surface area (Å²) in [5.74, 6) is 0.460. The molecule has 2 aromatic rings. The summed E-state index contributed by atoms with van der Waals surface area (Å²) in [5.41, 5.74) is 0.921. The minimum Gasteiger partial charge on any atom is -0.322 e. The van der Waals surface area contributed by atoms with E-state index in [4.69, 9.17) is 0 Å². The van der Waals surface area contributed by atoms with Crippen molar-refractivity contribution < 1.29 is 0 Å². The van der Waals surface area contributed by atoms with Crippen LogP contribution in [-0.2, 0) is 0 Å². The van der Waals surface area contributed by atoms with Gasteiger partial charge in [-0.2, -0.15) is 5.21 Å². The Hall–Kier alpha value is -1.43. The van der Waals surface area contributed by atoms with Gasteiger partial charge in [0, 0.05) is 10.2 Å². The van der Waals surface area contributed by atoms with Crippen LogP contribution >= 0.6 is 15.9 Å². The number of hydrogen-bond donors (Lipinski definition) is 2. The Morgan fingerprint density at radius 3 is 2.62 bits per heavy atom. The molecule has 1 heterocycles. The highest BCUT2D eigenvalue weighted by atomic mass is 79.9. The molecule has 2 rings (SSSR count). The molecule has 2 N–H and O–H groups in total. The summed E-state index contributed by atoms with van der Waals surface area (Å²) in [4.78, 5) is 0. The number of H-pyrrole nitrogens is 1. The van der Waals surface area contributed by atoms with Crippen LogP contribution in [0.2, 0.25) is 0 Å². The molecule has 0 aliphatic carbocycles. The second kappa shape index (κ2) is 3.53. The molecule has 0 saturated carbocycles. The topological polar surface area (TPSA) is 66.5 Å². The highest BCUT2D eigenvalue weighted by Crippen LogP contribution is 2.15. The highest BCUT2D eigenvalue weighted by Gasteiger charge is 1.97. The fraction of sp³-hybridized carbons (Fsp3) is 0. The van der Waals surface area contributed by atoms with E-state index in [2.05, 4.69) is 41.9 Å². The molecule has 5 nitrogen and oxygen atoms in total. The third-order valence-corrected chi connectivity index (χ3v) is 1.97. The van der Waals surface area contributed by atoms with Gasteiger partial charge in [0.05, 0.1) is 0 Å².